The molecule has 0 aromatic carbocycles. The summed E-state index contributed by atoms with van der Waals surface area (Å²) in [4.78, 5) is 18.6. The zero-order valence-corrected chi connectivity index (χ0v) is 9.35. The second-order valence-electron chi connectivity index (χ2n) is 4.52. The predicted octanol–water partition coefficient (Wildman–Crippen LogP) is 2.66. The first-order valence-corrected chi connectivity index (χ1v) is 5.83. The van der Waals surface area contributed by atoms with Crippen LogP contribution in [0, 0.1) is 0 Å². The molecular formula is C13H16N2O. The second-order valence-corrected chi connectivity index (χ2v) is 4.52. The summed E-state index contributed by atoms with van der Waals surface area (Å²) < 4.78 is 0. The highest BCUT2D eigenvalue weighted by Crippen LogP contribution is 2.34. The molecule has 0 radical (unpaired) electrons. The second kappa shape index (κ2) is 5.04. The van der Waals surface area contributed by atoms with Gasteiger partial charge in [0.2, 0.25) is 6.08 Å². The molecule has 0 bridgehead atoms. The Labute approximate surface area is 95.6 Å². The molecule has 0 saturated heterocycles. The number of pyridine rings is 1. The molecule has 1 heterocycles. The van der Waals surface area contributed by atoms with E-state index in [1.54, 1.807) is 18.5 Å². The van der Waals surface area contributed by atoms with E-state index in [-0.39, 0.29) is 5.54 Å². The maximum Gasteiger partial charge on any atom is 0.235 e. The lowest BCUT2D eigenvalue weighted by molar-refractivity contribution is 0.296. The molecule has 0 unspecified atom stereocenters. The molecule has 1 fully saturated rings. The van der Waals surface area contributed by atoms with Crippen molar-refractivity contribution in [3.8, 4) is 0 Å². The van der Waals surface area contributed by atoms with Gasteiger partial charge in [-0.15, -0.1) is 0 Å². The molecule has 1 aromatic rings. The van der Waals surface area contributed by atoms with Gasteiger partial charge in [0.1, 0.15) is 0 Å². The van der Waals surface area contributed by atoms with Gasteiger partial charge in [0.15, 0.2) is 0 Å². The predicted molar refractivity (Wildman–Crippen MR) is 61.9 cm³/mol. The van der Waals surface area contributed by atoms with Crippen LogP contribution in [-0.4, -0.2) is 16.6 Å². The van der Waals surface area contributed by atoms with E-state index in [0.717, 1.165) is 32.1 Å². The van der Waals surface area contributed by atoms with Gasteiger partial charge in [-0.25, -0.2) is 4.79 Å². The fourth-order valence-corrected chi connectivity index (χ4v) is 2.52. The van der Waals surface area contributed by atoms with E-state index in [0.29, 0.717) is 0 Å². The van der Waals surface area contributed by atoms with Crippen molar-refractivity contribution in [3.63, 3.8) is 0 Å². The van der Waals surface area contributed by atoms with Crippen molar-refractivity contribution >= 4 is 6.08 Å². The lowest BCUT2D eigenvalue weighted by Crippen LogP contribution is -2.32. The summed E-state index contributed by atoms with van der Waals surface area (Å²) >= 11 is 0. The molecule has 1 aliphatic carbocycles. The Bertz CT molecular complexity index is 376. The van der Waals surface area contributed by atoms with Gasteiger partial charge in [0.05, 0.1) is 5.54 Å². The van der Waals surface area contributed by atoms with Crippen LogP contribution in [0.25, 0.3) is 0 Å². The van der Waals surface area contributed by atoms with Gasteiger partial charge in [-0.3, -0.25) is 4.98 Å². The first-order chi connectivity index (χ1) is 7.85. The molecule has 2 rings (SSSR count). The molecule has 1 aromatic heterocycles. The topological polar surface area (TPSA) is 42.3 Å². The van der Waals surface area contributed by atoms with Crippen molar-refractivity contribution in [1.29, 1.82) is 0 Å². The van der Waals surface area contributed by atoms with Crippen LogP contribution in [0.4, 0.5) is 0 Å². The quantitative estimate of drug-likeness (QED) is 0.576. The summed E-state index contributed by atoms with van der Waals surface area (Å²) in [6.45, 7) is 0. The third-order valence-corrected chi connectivity index (χ3v) is 3.35. The Hall–Kier alpha value is -1.47. The minimum absolute atomic E-state index is 0.193. The van der Waals surface area contributed by atoms with Crippen molar-refractivity contribution in [2.75, 3.05) is 0 Å². The lowest BCUT2D eigenvalue weighted by atomic mass is 9.78. The van der Waals surface area contributed by atoms with Crippen molar-refractivity contribution in [2.45, 2.75) is 44.1 Å². The van der Waals surface area contributed by atoms with Gasteiger partial charge in [-0.1, -0.05) is 19.3 Å². The molecule has 84 valence electrons. The maximum atomic E-state index is 10.6. The van der Waals surface area contributed by atoms with Crippen molar-refractivity contribution in [2.24, 2.45) is 4.99 Å². The van der Waals surface area contributed by atoms with Crippen LogP contribution < -0.4 is 0 Å². The third kappa shape index (κ3) is 2.56. The number of nitrogens with zero attached hydrogens (tertiary/aromatic N) is 2. The van der Waals surface area contributed by atoms with E-state index in [4.69, 9.17) is 0 Å². The normalized spacial score (nSPS) is 18.8. The van der Waals surface area contributed by atoms with Gasteiger partial charge in [-0.05, 0) is 37.0 Å². The highest BCUT2D eigenvalue weighted by molar-refractivity contribution is 5.35. The molecule has 0 spiro atoms. The van der Waals surface area contributed by atoms with Crippen LogP contribution >= 0.6 is 0 Å². The number of hydrogen-bond acceptors (Lipinski definition) is 3. The highest BCUT2D eigenvalue weighted by atomic mass is 16.1. The van der Waals surface area contributed by atoms with Gasteiger partial charge in [0.25, 0.3) is 0 Å². The van der Waals surface area contributed by atoms with Crippen LogP contribution in [-0.2, 0) is 11.2 Å². The first kappa shape index (κ1) is 11.0. The first-order valence-electron chi connectivity index (χ1n) is 5.83. The van der Waals surface area contributed by atoms with E-state index in [1.807, 2.05) is 12.1 Å². The largest absolute Gasteiger partial charge is 0.265 e. The third-order valence-electron chi connectivity index (χ3n) is 3.35. The molecule has 3 nitrogen and oxygen atoms in total. The van der Waals surface area contributed by atoms with E-state index in [9.17, 15) is 4.79 Å². The van der Waals surface area contributed by atoms with Crippen LogP contribution in [0.5, 0.6) is 0 Å². The van der Waals surface area contributed by atoms with Crippen LogP contribution in [0.1, 0.15) is 37.7 Å². The molecular weight excluding hydrogens is 200 g/mol. The SMILES string of the molecule is O=C=NC1(Cc2ccncc2)CCCCC1. The molecule has 1 saturated carbocycles. The molecule has 0 aliphatic heterocycles. The fraction of sp³-hybridized carbons (Fsp3) is 0.538. The standard InChI is InChI=1S/C13H16N2O/c16-11-15-13(6-2-1-3-7-13)10-12-4-8-14-9-5-12/h4-5,8-9H,1-3,6-7,10H2. The molecule has 3 heteroatoms. The van der Waals surface area contributed by atoms with E-state index in [1.165, 1.54) is 12.0 Å². The van der Waals surface area contributed by atoms with Crippen molar-refractivity contribution in [1.82, 2.24) is 4.98 Å². The van der Waals surface area contributed by atoms with Crippen molar-refractivity contribution < 1.29 is 4.79 Å². The molecule has 1 aliphatic rings. The number of rotatable bonds is 3. The average molecular weight is 216 g/mol. The van der Waals surface area contributed by atoms with Crippen molar-refractivity contribution in [3.05, 3.63) is 30.1 Å². The van der Waals surface area contributed by atoms with Crippen LogP contribution in [0.3, 0.4) is 0 Å². The average Bonchev–Trinajstić information content (AvgIpc) is 2.31. The Morgan fingerprint density at radius 1 is 1.25 bits per heavy atom. The summed E-state index contributed by atoms with van der Waals surface area (Å²) in [6, 6.07) is 3.99. The smallest absolute Gasteiger partial charge is 0.235 e. The summed E-state index contributed by atoms with van der Waals surface area (Å²) in [5, 5.41) is 0. The van der Waals surface area contributed by atoms with E-state index in [2.05, 4.69) is 9.98 Å². The van der Waals surface area contributed by atoms with E-state index < -0.39 is 0 Å². The minimum Gasteiger partial charge on any atom is -0.265 e. The summed E-state index contributed by atoms with van der Waals surface area (Å²) in [5.41, 5.74) is 1.01. The molecule has 0 amide bonds. The number of carbonyl (C=O) groups excluding carboxylic acids is 1. The fourth-order valence-electron chi connectivity index (χ4n) is 2.52. The zero-order valence-electron chi connectivity index (χ0n) is 9.35. The summed E-state index contributed by atoms with van der Waals surface area (Å²) in [5.74, 6) is 0. The molecule has 16 heavy (non-hydrogen) atoms. The molecule has 0 atom stereocenters. The number of aliphatic imine (C=N–C) groups is 1. The van der Waals surface area contributed by atoms with Crippen LogP contribution in [0.2, 0.25) is 0 Å². The number of aromatic nitrogens is 1. The number of isocyanates is 1. The maximum absolute atomic E-state index is 10.6. The minimum atomic E-state index is -0.193. The zero-order chi connectivity index (χ0) is 11.3. The highest BCUT2D eigenvalue weighted by Gasteiger charge is 2.31. The Morgan fingerprint density at radius 3 is 2.56 bits per heavy atom. The Kier molecular flexibility index (Phi) is 3.47. The van der Waals surface area contributed by atoms with Gasteiger partial charge < -0.3 is 0 Å². The monoisotopic (exact) mass is 216 g/mol. The summed E-state index contributed by atoms with van der Waals surface area (Å²) in [7, 11) is 0. The van der Waals surface area contributed by atoms with Crippen LogP contribution in [0.15, 0.2) is 29.5 Å². The van der Waals surface area contributed by atoms with Gasteiger partial charge in [-0.2, -0.15) is 4.99 Å². The van der Waals surface area contributed by atoms with E-state index >= 15 is 0 Å². The Balaban J connectivity index is 2.17. The molecule has 0 N–H and O–H groups in total. The van der Waals surface area contributed by atoms with Gasteiger partial charge >= 0.3 is 0 Å². The lowest BCUT2D eigenvalue weighted by Gasteiger charge is -2.32. The summed E-state index contributed by atoms with van der Waals surface area (Å²) in [6.07, 6.45) is 11.8. The Morgan fingerprint density at radius 2 is 1.94 bits per heavy atom. The van der Waals surface area contributed by atoms with Gasteiger partial charge in [0, 0.05) is 12.4 Å². The number of hydrogen-bond donors (Lipinski definition) is 0.